The smallest absolute Gasteiger partial charge is 0.0108 e. The fourth-order valence-corrected chi connectivity index (χ4v) is 3.52. The van der Waals surface area contributed by atoms with E-state index in [1.165, 1.54) is 36.6 Å². The lowest BCUT2D eigenvalue weighted by atomic mass is 10.0. The molecule has 0 aromatic heterocycles. The van der Waals surface area contributed by atoms with E-state index in [0.29, 0.717) is 0 Å². The number of likely N-dealkylation sites (N-methyl/N-ethyl adjacent to an activating group) is 1. The molecule has 0 N–H and O–H groups in total. The third-order valence-electron chi connectivity index (χ3n) is 3.22. The molecule has 1 atom stereocenters. The molecule has 2 heteroatoms. The van der Waals surface area contributed by atoms with Crippen LogP contribution in [0.25, 0.3) is 0 Å². The third-order valence-corrected chi connectivity index (χ3v) is 4.48. The number of rotatable bonds is 5. The first kappa shape index (κ1) is 12.0. The van der Waals surface area contributed by atoms with E-state index in [0.717, 1.165) is 5.92 Å². The Hall–Kier alpha value is -0.470. The van der Waals surface area contributed by atoms with E-state index < -0.39 is 0 Å². The van der Waals surface area contributed by atoms with Gasteiger partial charge in [0.25, 0.3) is 0 Å². The maximum absolute atomic E-state index is 2.48. The average molecular weight is 235 g/mol. The molecule has 0 saturated heterocycles. The summed E-state index contributed by atoms with van der Waals surface area (Å²) >= 11 is 2.02. The van der Waals surface area contributed by atoms with Crippen molar-refractivity contribution in [2.45, 2.75) is 30.6 Å². The zero-order valence-electron chi connectivity index (χ0n) is 10.3. The molecule has 2 rings (SSSR count). The number of nitrogens with zero attached hydrogens (tertiary/aromatic N) is 1. The van der Waals surface area contributed by atoms with Gasteiger partial charge in [-0.1, -0.05) is 31.5 Å². The average Bonchev–Trinajstić information content (AvgIpc) is 2.70. The van der Waals surface area contributed by atoms with E-state index >= 15 is 0 Å². The predicted molar refractivity (Wildman–Crippen MR) is 72.3 cm³/mol. The normalized spacial score (nSPS) is 19.1. The van der Waals surface area contributed by atoms with E-state index in [9.17, 15) is 0 Å². The van der Waals surface area contributed by atoms with Gasteiger partial charge < -0.3 is 4.90 Å². The van der Waals surface area contributed by atoms with Gasteiger partial charge in [-0.25, -0.2) is 0 Å². The fraction of sp³-hybridized carbons (Fsp3) is 0.571. The van der Waals surface area contributed by atoms with Gasteiger partial charge in [0.2, 0.25) is 0 Å². The lowest BCUT2D eigenvalue weighted by molar-refractivity contribution is 0.313. The molecule has 1 nitrogen and oxygen atoms in total. The minimum absolute atomic E-state index is 0.739. The van der Waals surface area contributed by atoms with Gasteiger partial charge in [-0.3, -0.25) is 0 Å². The minimum Gasteiger partial charge on any atom is -0.306 e. The van der Waals surface area contributed by atoms with E-state index in [1.54, 1.807) is 5.56 Å². The van der Waals surface area contributed by atoms with Gasteiger partial charge in [-0.15, -0.1) is 11.8 Å². The molecule has 0 amide bonds. The molecule has 88 valence electrons. The number of thioether (sulfide) groups is 1. The monoisotopic (exact) mass is 235 g/mol. The molecule has 0 radical (unpaired) electrons. The van der Waals surface area contributed by atoms with E-state index in [4.69, 9.17) is 0 Å². The second-order valence-electron chi connectivity index (χ2n) is 4.66. The zero-order valence-corrected chi connectivity index (χ0v) is 11.1. The molecule has 1 heterocycles. The van der Waals surface area contributed by atoms with Gasteiger partial charge in [-0.05, 0) is 31.6 Å². The summed E-state index contributed by atoms with van der Waals surface area (Å²) in [5.41, 5.74) is 1.57. The van der Waals surface area contributed by atoms with Gasteiger partial charge in [0.15, 0.2) is 0 Å². The number of unbranched alkanes of at least 4 members (excludes halogenated alkanes) is 1. The maximum Gasteiger partial charge on any atom is 0.0108 e. The Morgan fingerprint density at radius 2 is 2.19 bits per heavy atom. The van der Waals surface area contributed by atoms with Crippen LogP contribution in [-0.4, -0.2) is 30.8 Å². The van der Waals surface area contributed by atoms with E-state index in [2.05, 4.69) is 43.1 Å². The molecule has 16 heavy (non-hydrogen) atoms. The predicted octanol–water partition coefficient (Wildman–Crippen LogP) is 3.61. The van der Waals surface area contributed by atoms with Crippen LogP contribution in [0.1, 0.15) is 31.2 Å². The van der Waals surface area contributed by atoms with E-state index in [-0.39, 0.29) is 0 Å². The zero-order chi connectivity index (χ0) is 11.4. The number of hydrogen-bond acceptors (Lipinski definition) is 2. The van der Waals surface area contributed by atoms with Crippen molar-refractivity contribution in [3.8, 4) is 0 Å². The highest BCUT2D eigenvalue weighted by Crippen LogP contribution is 2.39. The van der Waals surface area contributed by atoms with E-state index in [1.807, 2.05) is 11.8 Å². The van der Waals surface area contributed by atoms with Crippen molar-refractivity contribution in [3.63, 3.8) is 0 Å². The van der Waals surface area contributed by atoms with Crippen molar-refractivity contribution in [1.82, 2.24) is 4.90 Å². The van der Waals surface area contributed by atoms with Crippen LogP contribution in [0.2, 0.25) is 0 Å². The van der Waals surface area contributed by atoms with Crippen LogP contribution in [0.4, 0.5) is 0 Å². The van der Waals surface area contributed by atoms with Crippen LogP contribution < -0.4 is 0 Å². The van der Waals surface area contributed by atoms with Crippen molar-refractivity contribution in [1.29, 1.82) is 0 Å². The number of fused-ring (bicyclic) bond motifs is 1. The van der Waals surface area contributed by atoms with Gasteiger partial charge in [0.05, 0.1) is 0 Å². The molecule has 0 saturated carbocycles. The lowest BCUT2D eigenvalue weighted by Gasteiger charge is -2.20. The molecule has 1 aliphatic rings. The SMILES string of the molecule is CCCCN(C)CC1CSc2ccccc21. The maximum atomic E-state index is 2.48. The highest BCUT2D eigenvalue weighted by Gasteiger charge is 2.23. The standard InChI is InChI=1S/C14H21NS/c1-3-4-9-15(2)10-12-11-16-14-8-6-5-7-13(12)14/h5-8,12H,3-4,9-11H2,1-2H3. The highest BCUT2D eigenvalue weighted by atomic mass is 32.2. The van der Waals surface area contributed by atoms with Crippen molar-refractivity contribution in [2.75, 3.05) is 25.9 Å². The Morgan fingerprint density at radius 3 is 3.00 bits per heavy atom. The number of hydrogen-bond donors (Lipinski definition) is 0. The Morgan fingerprint density at radius 1 is 1.38 bits per heavy atom. The fourth-order valence-electron chi connectivity index (χ4n) is 2.28. The summed E-state index contributed by atoms with van der Waals surface area (Å²) in [5.74, 6) is 2.00. The van der Waals surface area contributed by atoms with Crippen molar-refractivity contribution >= 4 is 11.8 Å². The van der Waals surface area contributed by atoms with Crippen LogP contribution in [-0.2, 0) is 0 Å². The molecule has 0 fully saturated rings. The molecule has 0 spiro atoms. The second kappa shape index (κ2) is 5.74. The quantitative estimate of drug-likeness (QED) is 0.767. The Labute approximate surface area is 103 Å². The molecule has 1 aliphatic heterocycles. The minimum atomic E-state index is 0.739. The molecule has 1 aromatic rings. The summed E-state index contributed by atoms with van der Waals surface area (Å²) < 4.78 is 0. The summed E-state index contributed by atoms with van der Waals surface area (Å²) in [6, 6.07) is 8.87. The largest absolute Gasteiger partial charge is 0.306 e. The van der Waals surface area contributed by atoms with Gasteiger partial charge >= 0.3 is 0 Å². The summed E-state index contributed by atoms with van der Waals surface area (Å²) in [5, 5.41) is 0. The van der Waals surface area contributed by atoms with Crippen molar-refractivity contribution < 1.29 is 0 Å². The van der Waals surface area contributed by atoms with Crippen molar-refractivity contribution in [2.24, 2.45) is 0 Å². The first-order valence-corrected chi connectivity index (χ1v) is 7.20. The molecular weight excluding hydrogens is 214 g/mol. The Kier molecular flexibility index (Phi) is 4.30. The Balaban J connectivity index is 1.92. The van der Waals surface area contributed by atoms with Crippen LogP contribution in [0, 0.1) is 0 Å². The second-order valence-corrected chi connectivity index (χ2v) is 5.72. The first-order valence-electron chi connectivity index (χ1n) is 6.21. The molecule has 1 aromatic carbocycles. The van der Waals surface area contributed by atoms with Crippen molar-refractivity contribution in [3.05, 3.63) is 29.8 Å². The third kappa shape index (κ3) is 2.80. The van der Waals surface area contributed by atoms with Gasteiger partial charge in [-0.2, -0.15) is 0 Å². The molecule has 0 bridgehead atoms. The van der Waals surface area contributed by atoms with Gasteiger partial charge in [0, 0.05) is 23.1 Å². The topological polar surface area (TPSA) is 3.24 Å². The van der Waals surface area contributed by atoms with Crippen LogP contribution in [0.5, 0.6) is 0 Å². The summed E-state index contributed by atoms with van der Waals surface area (Å²) in [4.78, 5) is 3.98. The van der Waals surface area contributed by atoms with Crippen LogP contribution in [0.15, 0.2) is 29.2 Å². The lowest BCUT2D eigenvalue weighted by Crippen LogP contribution is -2.25. The van der Waals surface area contributed by atoms with Crippen LogP contribution >= 0.6 is 11.8 Å². The highest BCUT2D eigenvalue weighted by molar-refractivity contribution is 7.99. The van der Waals surface area contributed by atoms with Gasteiger partial charge in [0.1, 0.15) is 0 Å². The van der Waals surface area contributed by atoms with Crippen LogP contribution in [0.3, 0.4) is 0 Å². The molecule has 1 unspecified atom stereocenters. The number of benzene rings is 1. The summed E-state index contributed by atoms with van der Waals surface area (Å²) in [6.45, 7) is 4.71. The Bertz CT molecular complexity index is 337. The molecular formula is C14H21NS. The first-order chi connectivity index (χ1) is 7.81. The summed E-state index contributed by atoms with van der Waals surface area (Å²) in [6.07, 6.45) is 2.61. The summed E-state index contributed by atoms with van der Waals surface area (Å²) in [7, 11) is 2.25. The molecule has 0 aliphatic carbocycles.